The van der Waals surface area contributed by atoms with Crippen LogP contribution in [0.15, 0.2) is 30.3 Å². The van der Waals surface area contributed by atoms with E-state index in [4.69, 9.17) is 21.1 Å². The Morgan fingerprint density at radius 1 is 1.10 bits per heavy atom. The lowest BCUT2D eigenvalue weighted by Crippen LogP contribution is -2.04. The Hall–Kier alpha value is -0.980. The lowest BCUT2D eigenvalue weighted by Gasteiger charge is -2.18. The number of methoxy groups -OCH3 is 2. The minimum absolute atomic E-state index is 0.591. The number of hydrogen-bond acceptors (Lipinski definition) is 3. The van der Waals surface area contributed by atoms with Crippen LogP contribution in [0.3, 0.4) is 0 Å². The zero-order valence-electron chi connectivity index (χ0n) is 12.0. The molecule has 0 aliphatic carbocycles. The van der Waals surface area contributed by atoms with Gasteiger partial charge in [0.2, 0.25) is 0 Å². The van der Waals surface area contributed by atoms with E-state index >= 15 is 0 Å². The summed E-state index contributed by atoms with van der Waals surface area (Å²) < 4.78 is 11.5. The van der Waals surface area contributed by atoms with Gasteiger partial charge in [-0.1, -0.05) is 17.7 Å². The van der Waals surface area contributed by atoms with E-state index < -0.39 is 6.10 Å². The highest BCUT2D eigenvalue weighted by Crippen LogP contribution is 2.35. The van der Waals surface area contributed by atoms with Crippen molar-refractivity contribution in [1.82, 2.24) is 0 Å². The third-order valence-corrected chi connectivity index (χ3v) is 4.90. The van der Waals surface area contributed by atoms with Crippen LogP contribution in [0.4, 0.5) is 0 Å². The van der Waals surface area contributed by atoms with Crippen LogP contribution in [-0.4, -0.2) is 19.3 Å². The summed E-state index contributed by atoms with van der Waals surface area (Å²) in [4.78, 5) is 0. The highest BCUT2D eigenvalue weighted by Gasteiger charge is 2.17. The normalized spacial score (nSPS) is 12.1. The van der Waals surface area contributed by atoms with E-state index in [0.29, 0.717) is 16.5 Å². The smallest absolute Gasteiger partial charge is 0.161 e. The molecule has 0 amide bonds. The van der Waals surface area contributed by atoms with Gasteiger partial charge in [0, 0.05) is 3.57 Å². The Bertz CT molecular complexity index is 658. The number of ether oxygens (including phenoxy) is 2. The highest BCUT2D eigenvalue weighted by atomic mass is 127. The second kappa shape index (κ2) is 6.85. The van der Waals surface area contributed by atoms with Crippen LogP contribution < -0.4 is 9.47 Å². The van der Waals surface area contributed by atoms with Crippen molar-refractivity contribution < 1.29 is 14.6 Å². The maximum atomic E-state index is 10.6. The number of rotatable bonds is 4. The lowest BCUT2D eigenvalue weighted by molar-refractivity contribution is 0.218. The highest BCUT2D eigenvalue weighted by molar-refractivity contribution is 14.1. The number of benzene rings is 2. The predicted molar refractivity (Wildman–Crippen MR) is 92.5 cm³/mol. The minimum atomic E-state index is -0.765. The fourth-order valence-corrected chi connectivity index (χ4v) is 2.68. The van der Waals surface area contributed by atoms with Gasteiger partial charge in [-0.25, -0.2) is 0 Å². The Morgan fingerprint density at radius 3 is 2.29 bits per heavy atom. The molecule has 0 radical (unpaired) electrons. The number of aryl methyl sites for hydroxylation is 1. The van der Waals surface area contributed by atoms with E-state index in [1.165, 1.54) is 0 Å². The van der Waals surface area contributed by atoms with E-state index in [1.54, 1.807) is 26.4 Å². The van der Waals surface area contributed by atoms with Crippen LogP contribution in [0.1, 0.15) is 22.8 Å². The van der Waals surface area contributed by atoms with Crippen LogP contribution in [0.5, 0.6) is 11.5 Å². The number of aliphatic hydroxyl groups is 1. The SMILES string of the molecule is COc1cc(C)c(C(O)c2ccc(I)c(Cl)c2)cc1OC. The molecule has 0 spiro atoms. The molecule has 0 aromatic heterocycles. The predicted octanol–water partition coefficient (Wildman–Crippen LogP) is 4.35. The third-order valence-electron chi connectivity index (χ3n) is 3.33. The van der Waals surface area contributed by atoms with E-state index in [9.17, 15) is 5.11 Å². The van der Waals surface area contributed by atoms with E-state index in [-0.39, 0.29) is 0 Å². The Balaban J connectivity index is 2.47. The van der Waals surface area contributed by atoms with Crippen molar-refractivity contribution in [2.45, 2.75) is 13.0 Å². The van der Waals surface area contributed by atoms with E-state index in [2.05, 4.69) is 22.6 Å². The molecule has 3 nitrogen and oxygen atoms in total. The molecule has 1 atom stereocenters. The number of aliphatic hydroxyl groups excluding tert-OH is 1. The van der Waals surface area contributed by atoms with E-state index in [1.807, 2.05) is 25.1 Å². The first-order chi connectivity index (χ1) is 9.97. The van der Waals surface area contributed by atoms with Crippen molar-refractivity contribution in [3.05, 3.63) is 55.6 Å². The zero-order valence-corrected chi connectivity index (χ0v) is 14.9. The summed E-state index contributed by atoms with van der Waals surface area (Å²) in [7, 11) is 3.16. The standard InChI is InChI=1S/C16H16ClIO3/c1-9-6-14(20-2)15(21-3)8-11(9)16(19)10-4-5-13(18)12(17)7-10/h4-8,16,19H,1-3H3. The molecular weight excluding hydrogens is 403 g/mol. The van der Waals surface area contributed by atoms with Crippen LogP contribution >= 0.6 is 34.2 Å². The topological polar surface area (TPSA) is 38.7 Å². The van der Waals surface area contributed by atoms with Gasteiger partial charge in [0.1, 0.15) is 6.10 Å². The average Bonchev–Trinajstić information content (AvgIpc) is 2.49. The molecule has 2 aromatic carbocycles. The molecule has 1 unspecified atom stereocenters. The third kappa shape index (κ3) is 3.44. The molecule has 0 saturated heterocycles. The number of hydrogen-bond donors (Lipinski definition) is 1. The fraction of sp³-hybridized carbons (Fsp3) is 0.250. The van der Waals surface area contributed by atoms with Crippen LogP contribution in [-0.2, 0) is 0 Å². The molecule has 0 aliphatic heterocycles. The van der Waals surface area contributed by atoms with Gasteiger partial charge in [-0.2, -0.15) is 0 Å². The van der Waals surface area contributed by atoms with Crippen molar-refractivity contribution >= 4 is 34.2 Å². The Labute approximate surface area is 143 Å². The number of halogens is 2. The summed E-state index contributed by atoms with van der Waals surface area (Å²) in [5, 5.41) is 11.2. The molecule has 21 heavy (non-hydrogen) atoms. The Kier molecular flexibility index (Phi) is 5.35. The molecule has 0 fully saturated rings. The summed E-state index contributed by atoms with van der Waals surface area (Å²) in [6.45, 7) is 1.93. The van der Waals surface area contributed by atoms with Gasteiger partial charge in [-0.15, -0.1) is 0 Å². The molecule has 0 aliphatic rings. The van der Waals surface area contributed by atoms with Gasteiger partial charge in [0.05, 0.1) is 19.2 Å². The Morgan fingerprint density at radius 2 is 1.71 bits per heavy atom. The van der Waals surface area contributed by atoms with Crippen LogP contribution in [0, 0.1) is 10.5 Å². The second-order valence-electron chi connectivity index (χ2n) is 4.64. The average molecular weight is 419 g/mol. The van der Waals surface area contributed by atoms with Crippen molar-refractivity contribution in [3.63, 3.8) is 0 Å². The minimum Gasteiger partial charge on any atom is -0.493 e. The van der Waals surface area contributed by atoms with Gasteiger partial charge in [-0.05, 0) is 70.5 Å². The van der Waals surface area contributed by atoms with Gasteiger partial charge in [0.15, 0.2) is 11.5 Å². The first-order valence-electron chi connectivity index (χ1n) is 6.33. The van der Waals surface area contributed by atoms with Crippen molar-refractivity contribution in [2.24, 2.45) is 0 Å². The summed E-state index contributed by atoms with van der Waals surface area (Å²) in [5.41, 5.74) is 2.44. The maximum Gasteiger partial charge on any atom is 0.161 e. The monoisotopic (exact) mass is 418 g/mol. The molecule has 2 rings (SSSR count). The van der Waals surface area contributed by atoms with Crippen molar-refractivity contribution in [2.75, 3.05) is 14.2 Å². The van der Waals surface area contributed by atoms with Crippen LogP contribution in [0.2, 0.25) is 5.02 Å². The van der Waals surface area contributed by atoms with Crippen molar-refractivity contribution in [3.8, 4) is 11.5 Å². The first-order valence-corrected chi connectivity index (χ1v) is 7.79. The molecule has 2 aromatic rings. The fourth-order valence-electron chi connectivity index (χ4n) is 2.15. The zero-order chi connectivity index (χ0) is 15.6. The molecule has 1 N–H and O–H groups in total. The van der Waals surface area contributed by atoms with Crippen LogP contribution in [0.25, 0.3) is 0 Å². The van der Waals surface area contributed by atoms with Crippen molar-refractivity contribution in [1.29, 1.82) is 0 Å². The summed E-state index contributed by atoms with van der Waals surface area (Å²) in [5.74, 6) is 1.24. The molecule has 112 valence electrons. The van der Waals surface area contributed by atoms with E-state index in [0.717, 1.165) is 20.3 Å². The first kappa shape index (κ1) is 16.4. The van der Waals surface area contributed by atoms with Gasteiger partial charge in [-0.3, -0.25) is 0 Å². The largest absolute Gasteiger partial charge is 0.493 e. The van der Waals surface area contributed by atoms with Gasteiger partial charge >= 0.3 is 0 Å². The molecule has 0 bridgehead atoms. The summed E-state index contributed by atoms with van der Waals surface area (Å²) in [6.07, 6.45) is -0.765. The van der Waals surface area contributed by atoms with Gasteiger partial charge < -0.3 is 14.6 Å². The quantitative estimate of drug-likeness (QED) is 0.750. The molecule has 5 heteroatoms. The molecule has 0 heterocycles. The summed E-state index contributed by atoms with van der Waals surface area (Å²) >= 11 is 8.28. The molecule has 0 saturated carbocycles. The second-order valence-corrected chi connectivity index (χ2v) is 6.21. The lowest BCUT2D eigenvalue weighted by atomic mass is 9.97. The summed E-state index contributed by atoms with van der Waals surface area (Å²) in [6, 6.07) is 9.19. The maximum absolute atomic E-state index is 10.6. The molecular formula is C16H16ClIO3. The van der Waals surface area contributed by atoms with Gasteiger partial charge in [0.25, 0.3) is 0 Å².